The van der Waals surface area contributed by atoms with Crippen molar-refractivity contribution in [3.05, 3.63) is 34.4 Å². The van der Waals surface area contributed by atoms with Crippen molar-refractivity contribution in [3.8, 4) is 24.3 Å². The molecule has 0 saturated heterocycles. The van der Waals surface area contributed by atoms with Crippen LogP contribution >= 0.6 is 23.5 Å². The third kappa shape index (κ3) is 7.01. The molecule has 170 valence electrons. The lowest BCUT2D eigenvalue weighted by Crippen LogP contribution is -2.36. The molecule has 0 aliphatic heterocycles. The second-order valence-electron chi connectivity index (χ2n) is 6.27. The highest BCUT2D eigenvalue weighted by Gasteiger charge is 2.14. The molecule has 0 aliphatic carbocycles. The van der Waals surface area contributed by atoms with Crippen molar-refractivity contribution >= 4 is 47.0 Å². The summed E-state index contributed by atoms with van der Waals surface area (Å²) in [4.78, 5) is 32.0. The second-order valence-corrected chi connectivity index (χ2v) is 8.20. The standard InChI is InChI=1S/C20H16N10O2S2/c21-5-11-3-13(7-23)19(29-17(11)25)33-9-15(31)27-1-2-28-16(32)10-34-20-14(8-24)4-12(6-22)18(26)30-20/h3-4H,1-2,9-10H2,(H2,25,29)(H2,26,30)(H,27,31)(H,28,32). The number of carbonyl (C=O) groups excluding carboxylic acids is 2. The lowest BCUT2D eigenvalue weighted by molar-refractivity contribution is -0.120. The van der Waals surface area contributed by atoms with Crippen LogP contribution in [0.3, 0.4) is 0 Å². The van der Waals surface area contributed by atoms with Crippen LogP contribution in [-0.4, -0.2) is 46.4 Å². The predicted octanol–water partition coefficient (Wildman–Crippen LogP) is 0.245. The summed E-state index contributed by atoms with van der Waals surface area (Å²) in [6.07, 6.45) is 0. The van der Waals surface area contributed by atoms with E-state index in [2.05, 4.69) is 20.6 Å². The highest BCUT2D eigenvalue weighted by atomic mass is 32.2. The van der Waals surface area contributed by atoms with E-state index in [1.54, 1.807) is 0 Å². The molecular formula is C20H16N10O2S2. The number of amides is 2. The zero-order chi connectivity index (χ0) is 25.1. The first-order valence-electron chi connectivity index (χ1n) is 9.33. The molecule has 0 unspecified atom stereocenters. The van der Waals surface area contributed by atoms with Gasteiger partial charge in [-0.2, -0.15) is 21.0 Å². The van der Waals surface area contributed by atoms with E-state index in [-0.39, 0.29) is 80.4 Å². The van der Waals surface area contributed by atoms with Gasteiger partial charge in [0.2, 0.25) is 11.8 Å². The van der Waals surface area contributed by atoms with Gasteiger partial charge in [0.15, 0.2) is 0 Å². The lowest BCUT2D eigenvalue weighted by Gasteiger charge is -2.09. The Bertz CT molecular complexity index is 1190. The number of hydrogen-bond acceptors (Lipinski definition) is 12. The van der Waals surface area contributed by atoms with Crippen molar-refractivity contribution in [2.24, 2.45) is 0 Å². The molecule has 12 nitrogen and oxygen atoms in total. The summed E-state index contributed by atoms with van der Waals surface area (Å²) in [5, 5.41) is 41.9. The number of carbonyl (C=O) groups is 2. The number of aromatic nitrogens is 2. The predicted molar refractivity (Wildman–Crippen MR) is 124 cm³/mol. The average molecular weight is 493 g/mol. The van der Waals surface area contributed by atoms with E-state index in [0.717, 1.165) is 23.5 Å². The summed E-state index contributed by atoms with van der Waals surface area (Å²) in [5.41, 5.74) is 11.8. The van der Waals surface area contributed by atoms with E-state index in [4.69, 9.17) is 32.5 Å². The van der Waals surface area contributed by atoms with E-state index in [9.17, 15) is 9.59 Å². The lowest BCUT2D eigenvalue weighted by atomic mass is 10.2. The number of nitrogens with two attached hydrogens (primary N) is 2. The van der Waals surface area contributed by atoms with Crippen LogP contribution < -0.4 is 22.1 Å². The zero-order valence-electron chi connectivity index (χ0n) is 17.5. The molecule has 2 amide bonds. The average Bonchev–Trinajstić information content (AvgIpc) is 2.84. The Morgan fingerprint density at radius 2 is 1.09 bits per heavy atom. The van der Waals surface area contributed by atoms with Gasteiger partial charge >= 0.3 is 0 Å². The third-order valence-electron chi connectivity index (χ3n) is 3.97. The molecule has 0 spiro atoms. The number of anilines is 2. The number of rotatable bonds is 9. The molecule has 0 saturated carbocycles. The molecule has 0 fully saturated rings. The van der Waals surface area contributed by atoms with Crippen LogP contribution in [0.15, 0.2) is 22.2 Å². The van der Waals surface area contributed by atoms with Gasteiger partial charge in [-0.15, -0.1) is 0 Å². The minimum Gasteiger partial charge on any atom is -0.383 e. The first kappa shape index (κ1) is 25.8. The van der Waals surface area contributed by atoms with Crippen LogP contribution in [0.4, 0.5) is 11.6 Å². The number of hydrogen-bond donors (Lipinski definition) is 4. The summed E-state index contributed by atoms with van der Waals surface area (Å²) in [5.74, 6) is -0.827. The Kier molecular flexibility index (Phi) is 9.48. The minimum atomic E-state index is -0.349. The molecule has 2 aromatic rings. The van der Waals surface area contributed by atoms with Gasteiger partial charge in [0.1, 0.15) is 46.0 Å². The molecule has 0 bridgehead atoms. The van der Waals surface area contributed by atoms with Crippen molar-refractivity contribution in [2.75, 3.05) is 36.1 Å². The molecule has 2 heterocycles. The Labute approximate surface area is 202 Å². The fourth-order valence-corrected chi connectivity index (χ4v) is 3.94. The highest BCUT2D eigenvalue weighted by molar-refractivity contribution is 8.00. The first-order valence-corrected chi connectivity index (χ1v) is 11.3. The van der Waals surface area contributed by atoms with E-state index in [1.165, 1.54) is 12.1 Å². The summed E-state index contributed by atoms with van der Waals surface area (Å²) in [6.45, 7) is 0.324. The molecular weight excluding hydrogens is 476 g/mol. The largest absolute Gasteiger partial charge is 0.383 e. The molecule has 34 heavy (non-hydrogen) atoms. The van der Waals surface area contributed by atoms with Gasteiger partial charge in [-0.3, -0.25) is 9.59 Å². The van der Waals surface area contributed by atoms with Gasteiger partial charge in [0.05, 0.1) is 33.8 Å². The maximum atomic E-state index is 12.0. The topological polar surface area (TPSA) is 231 Å². The van der Waals surface area contributed by atoms with Crippen molar-refractivity contribution < 1.29 is 9.59 Å². The number of pyridine rings is 2. The number of thioether (sulfide) groups is 2. The Balaban J connectivity index is 1.75. The summed E-state index contributed by atoms with van der Waals surface area (Å²) < 4.78 is 0. The van der Waals surface area contributed by atoms with Crippen LogP contribution in [0, 0.1) is 45.3 Å². The van der Waals surface area contributed by atoms with Crippen LogP contribution in [-0.2, 0) is 9.59 Å². The maximum absolute atomic E-state index is 12.0. The van der Waals surface area contributed by atoms with Gasteiger partial charge < -0.3 is 22.1 Å². The van der Waals surface area contributed by atoms with Crippen molar-refractivity contribution in [1.29, 1.82) is 21.0 Å². The Morgan fingerprint density at radius 1 is 0.735 bits per heavy atom. The SMILES string of the molecule is N#Cc1cc(C#N)c(SCC(=O)NCCNC(=O)CSc2nc(N)c(C#N)cc2C#N)nc1N. The number of nitrogens with zero attached hydrogens (tertiary/aromatic N) is 6. The molecule has 14 heteroatoms. The summed E-state index contributed by atoms with van der Waals surface area (Å²) in [6, 6.07) is 10.1. The molecule has 0 atom stereocenters. The van der Waals surface area contributed by atoms with E-state index in [0.29, 0.717) is 0 Å². The minimum absolute atomic E-state index is 0.0224. The van der Waals surface area contributed by atoms with E-state index < -0.39 is 0 Å². The Hall–Kier alpha value is -4.50. The van der Waals surface area contributed by atoms with Crippen LogP contribution in [0.2, 0.25) is 0 Å². The van der Waals surface area contributed by atoms with Gasteiger partial charge in [-0.25, -0.2) is 9.97 Å². The molecule has 6 N–H and O–H groups in total. The van der Waals surface area contributed by atoms with Crippen LogP contribution in [0.1, 0.15) is 22.3 Å². The molecule has 0 aromatic carbocycles. The van der Waals surface area contributed by atoms with E-state index >= 15 is 0 Å². The van der Waals surface area contributed by atoms with Crippen LogP contribution in [0.25, 0.3) is 0 Å². The van der Waals surface area contributed by atoms with E-state index in [1.807, 2.05) is 24.3 Å². The smallest absolute Gasteiger partial charge is 0.230 e. The normalized spacial score (nSPS) is 9.65. The molecule has 0 aliphatic rings. The number of nitrogen functional groups attached to an aromatic ring is 2. The number of nitriles is 4. The molecule has 2 rings (SSSR count). The summed E-state index contributed by atoms with van der Waals surface area (Å²) >= 11 is 2.00. The fraction of sp³-hybridized carbons (Fsp3) is 0.200. The van der Waals surface area contributed by atoms with Gasteiger partial charge in [-0.05, 0) is 12.1 Å². The molecule has 2 aromatic heterocycles. The zero-order valence-corrected chi connectivity index (χ0v) is 19.1. The summed E-state index contributed by atoms with van der Waals surface area (Å²) in [7, 11) is 0. The van der Waals surface area contributed by atoms with Crippen LogP contribution in [0.5, 0.6) is 0 Å². The van der Waals surface area contributed by atoms with Crippen molar-refractivity contribution in [3.63, 3.8) is 0 Å². The quantitative estimate of drug-likeness (QED) is 0.272. The van der Waals surface area contributed by atoms with Gasteiger partial charge in [0.25, 0.3) is 0 Å². The van der Waals surface area contributed by atoms with Gasteiger partial charge in [-0.1, -0.05) is 23.5 Å². The third-order valence-corrected chi connectivity index (χ3v) is 5.95. The molecule has 0 radical (unpaired) electrons. The highest BCUT2D eigenvalue weighted by Crippen LogP contribution is 2.24. The number of nitrogens with one attached hydrogen (secondary N) is 2. The first-order chi connectivity index (χ1) is 16.3. The fourth-order valence-electron chi connectivity index (χ4n) is 2.35. The van der Waals surface area contributed by atoms with Crippen molar-refractivity contribution in [1.82, 2.24) is 20.6 Å². The monoisotopic (exact) mass is 492 g/mol. The van der Waals surface area contributed by atoms with Crippen molar-refractivity contribution in [2.45, 2.75) is 10.1 Å². The Morgan fingerprint density at radius 3 is 1.41 bits per heavy atom. The second kappa shape index (κ2) is 12.5. The van der Waals surface area contributed by atoms with Gasteiger partial charge in [0, 0.05) is 13.1 Å². The maximum Gasteiger partial charge on any atom is 0.230 e.